The molecule has 0 radical (unpaired) electrons. The van der Waals surface area contributed by atoms with Gasteiger partial charge in [-0.3, -0.25) is 4.79 Å². The number of aliphatic hydroxyl groups excluding tert-OH is 1. The summed E-state index contributed by atoms with van der Waals surface area (Å²) in [4.78, 5) is 25.8. The number of aryl methyl sites for hydroxylation is 1. The first kappa shape index (κ1) is 20.3. The minimum absolute atomic E-state index is 0. The van der Waals surface area contributed by atoms with Gasteiger partial charge in [-0.15, -0.1) is 0 Å². The second-order valence-electron chi connectivity index (χ2n) is 7.25. The second-order valence-corrected chi connectivity index (χ2v) is 7.25. The van der Waals surface area contributed by atoms with E-state index in [9.17, 15) is 24.2 Å². The fourth-order valence-electron chi connectivity index (χ4n) is 4.21. The van der Waals surface area contributed by atoms with E-state index in [4.69, 9.17) is 0 Å². The van der Waals surface area contributed by atoms with Crippen LogP contribution in [0.2, 0.25) is 0 Å². The van der Waals surface area contributed by atoms with Crippen molar-refractivity contribution in [3.8, 4) is 0 Å². The summed E-state index contributed by atoms with van der Waals surface area (Å²) in [7, 11) is 0. The summed E-state index contributed by atoms with van der Waals surface area (Å²) < 4.78 is 16.8. The molecule has 27 heavy (non-hydrogen) atoms. The number of nitrogens with zero attached hydrogens (tertiary/aromatic N) is 2. The molecular formula is C19H20FN2NaO4. The standard InChI is InChI=1S/C19H21FN2O4.Na/c1-10-2-3-12-16-13(18(24)14(19(25)26)9-22(10)16)8-15(20)17(12)21-6-4-11(23)5-7-21;/h8-11,23H,2-7H2,1H3,(H,25,26);/q;+1/p-1. The Balaban J connectivity index is 0.00000210. The van der Waals surface area contributed by atoms with Crippen molar-refractivity contribution in [3.63, 3.8) is 0 Å². The third-order valence-corrected chi connectivity index (χ3v) is 5.63. The maximum atomic E-state index is 15.0. The summed E-state index contributed by atoms with van der Waals surface area (Å²) in [6.45, 7) is 3.05. The number of aromatic nitrogens is 1. The summed E-state index contributed by atoms with van der Waals surface area (Å²) in [5.41, 5.74) is 0.694. The first-order valence-corrected chi connectivity index (χ1v) is 8.93. The van der Waals surface area contributed by atoms with Crippen LogP contribution in [-0.2, 0) is 6.42 Å². The summed E-state index contributed by atoms with van der Waals surface area (Å²) >= 11 is 0. The average molecular weight is 382 g/mol. The number of aliphatic hydroxyl groups is 1. The van der Waals surface area contributed by atoms with Gasteiger partial charge in [0.05, 0.1) is 28.8 Å². The summed E-state index contributed by atoms with van der Waals surface area (Å²) in [6.07, 6.45) is 3.45. The Morgan fingerprint density at radius 1 is 1.30 bits per heavy atom. The number of halogens is 1. The van der Waals surface area contributed by atoms with Crippen LogP contribution in [0.1, 0.15) is 48.1 Å². The molecule has 2 aromatic rings. The third-order valence-electron chi connectivity index (χ3n) is 5.63. The maximum Gasteiger partial charge on any atom is 1.00 e. The predicted molar refractivity (Wildman–Crippen MR) is 93.0 cm³/mol. The number of rotatable bonds is 2. The molecule has 1 unspecified atom stereocenters. The van der Waals surface area contributed by atoms with Crippen molar-refractivity contribution in [2.75, 3.05) is 18.0 Å². The molecular weight excluding hydrogens is 362 g/mol. The largest absolute Gasteiger partial charge is 1.00 e. The van der Waals surface area contributed by atoms with Crippen molar-refractivity contribution in [3.05, 3.63) is 39.4 Å². The number of benzene rings is 1. The van der Waals surface area contributed by atoms with Gasteiger partial charge in [-0.1, -0.05) is 0 Å². The molecule has 0 bridgehead atoms. The number of carboxylic acid groups (broad SMARTS) is 1. The van der Waals surface area contributed by atoms with Gasteiger partial charge in [-0.25, -0.2) is 4.39 Å². The number of pyridine rings is 1. The Labute approximate surface area is 177 Å². The van der Waals surface area contributed by atoms with Gasteiger partial charge in [-0.2, -0.15) is 0 Å². The second kappa shape index (κ2) is 7.54. The first-order chi connectivity index (χ1) is 12.4. The van der Waals surface area contributed by atoms with Crippen molar-refractivity contribution in [1.29, 1.82) is 0 Å². The van der Waals surface area contributed by atoms with Crippen LogP contribution in [0.5, 0.6) is 0 Å². The van der Waals surface area contributed by atoms with Crippen LogP contribution >= 0.6 is 0 Å². The summed E-state index contributed by atoms with van der Waals surface area (Å²) in [5, 5.41) is 21.1. The first-order valence-electron chi connectivity index (χ1n) is 8.93. The molecule has 3 heterocycles. The molecule has 4 rings (SSSR count). The van der Waals surface area contributed by atoms with Crippen LogP contribution in [0, 0.1) is 5.82 Å². The van der Waals surface area contributed by atoms with Crippen molar-refractivity contribution in [2.45, 2.75) is 44.8 Å². The molecule has 138 valence electrons. The van der Waals surface area contributed by atoms with Gasteiger partial charge < -0.3 is 24.5 Å². The normalized spacial score (nSPS) is 19.8. The minimum Gasteiger partial charge on any atom is -0.545 e. The molecule has 0 saturated carbocycles. The maximum absolute atomic E-state index is 15.0. The fourth-order valence-corrected chi connectivity index (χ4v) is 4.21. The van der Waals surface area contributed by atoms with Gasteiger partial charge in [0.1, 0.15) is 5.82 Å². The molecule has 1 fully saturated rings. The van der Waals surface area contributed by atoms with Gasteiger partial charge >= 0.3 is 29.6 Å². The molecule has 8 heteroatoms. The number of piperidine rings is 1. The molecule has 1 atom stereocenters. The van der Waals surface area contributed by atoms with E-state index in [-0.39, 0.29) is 47.1 Å². The molecule has 2 aliphatic heterocycles. The number of hydrogen-bond acceptors (Lipinski definition) is 5. The Morgan fingerprint density at radius 2 is 1.96 bits per heavy atom. The predicted octanol–water partition coefficient (Wildman–Crippen LogP) is -2.02. The molecule has 0 spiro atoms. The number of aromatic carboxylic acids is 1. The van der Waals surface area contributed by atoms with Gasteiger partial charge in [0.25, 0.3) is 0 Å². The quantitative estimate of drug-likeness (QED) is 0.606. The van der Waals surface area contributed by atoms with Crippen LogP contribution in [0.15, 0.2) is 17.1 Å². The number of carbonyl (C=O) groups is 1. The summed E-state index contributed by atoms with van der Waals surface area (Å²) in [6, 6.07) is 1.16. The van der Waals surface area contributed by atoms with Gasteiger partial charge in [-0.05, 0) is 38.7 Å². The Kier molecular flexibility index (Phi) is 5.68. The number of anilines is 1. The van der Waals surface area contributed by atoms with Crippen molar-refractivity contribution in [2.24, 2.45) is 0 Å². The fraction of sp³-hybridized carbons (Fsp3) is 0.474. The van der Waals surface area contributed by atoms with Gasteiger partial charge in [0, 0.05) is 36.3 Å². The van der Waals surface area contributed by atoms with Crippen LogP contribution in [0.3, 0.4) is 0 Å². The molecule has 1 aromatic carbocycles. The molecule has 0 amide bonds. The number of carbonyl (C=O) groups excluding carboxylic acids is 1. The van der Waals surface area contributed by atoms with E-state index in [0.717, 1.165) is 18.1 Å². The number of hydrogen-bond donors (Lipinski definition) is 1. The molecule has 6 nitrogen and oxygen atoms in total. The van der Waals surface area contributed by atoms with E-state index in [1.165, 1.54) is 6.20 Å². The number of carboxylic acids is 1. The van der Waals surface area contributed by atoms with E-state index < -0.39 is 22.8 Å². The zero-order valence-corrected chi connectivity index (χ0v) is 17.5. The van der Waals surface area contributed by atoms with E-state index in [0.29, 0.717) is 43.6 Å². The van der Waals surface area contributed by atoms with Crippen LogP contribution in [0.25, 0.3) is 10.9 Å². The zero-order chi connectivity index (χ0) is 18.6. The minimum atomic E-state index is -1.55. The van der Waals surface area contributed by atoms with E-state index >= 15 is 0 Å². The van der Waals surface area contributed by atoms with E-state index in [1.54, 1.807) is 4.57 Å². The van der Waals surface area contributed by atoms with E-state index in [1.807, 2.05) is 11.8 Å². The van der Waals surface area contributed by atoms with Crippen LogP contribution in [-0.4, -0.2) is 34.8 Å². The average Bonchev–Trinajstić information content (AvgIpc) is 2.60. The van der Waals surface area contributed by atoms with Gasteiger partial charge in [0.2, 0.25) is 0 Å². The molecule has 1 N–H and O–H groups in total. The summed E-state index contributed by atoms with van der Waals surface area (Å²) in [5.74, 6) is -2.06. The molecule has 1 saturated heterocycles. The van der Waals surface area contributed by atoms with Crippen molar-refractivity contribution in [1.82, 2.24) is 4.57 Å². The molecule has 1 aromatic heterocycles. The Hall–Kier alpha value is -1.41. The Morgan fingerprint density at radius 3 is 2.59 bits per heavy atom. The molecule has 2 aliphatic rings. The zero-order valence-electron chi connectivity index (χ0n) is 15.5. The molecule has 0 aliphatic carbocycles. The SMILES string of the molecule is CC1CCc2c(N3CCC(O)CC3)c(F)cc3c(=O)c(C(=O)[O-])cn1c23.[Na+]. The monoisotopic (exact) mass is 382 g/mol. The van der Waals surface area contributed by atoms with Crippen molar-refractivity contribution >= 4 is 22.6 Å². The Bertz CT molecular complexity index is 967. The third kappa shape index (κ3) is 3.31. The van der Waals surface area contributed by atoms with Gasteiger partial charge in [0.15, 0.2) is 5.43 Å². The van der Waals surface area contributed by atoms with Crippen molar-refractivity contribution < 1.29 is 49.0 Å². The van der Waals surface area contributed by atoms with E-state index in [2.05, 4.69) is 0 Å². The van der Waals surface area contributed by atoms with Crippen LogP contribution < -0.4 is 45.0 Å². The smallest absolute Gasteiger partial charge is 0.545 e. The van der Waals surface area contributed by atoms with Crippen LogP contribution in [0.4, 0.5) is 10.1 Å². The topological polar surface area (TPSA) is 85.6 Å².